The third-order valence-corrected chi connectivity index (χ3v) is 6.71. The Bertz CT molecular complexity index is 1050. The summed E-state index contributed by atoms with van der Waals surface area (Å²) in [4.78, 5) is 17.1. The number of ether oxygens (including phenoxy) is 1. The number of anilines is 1. The van der Waals surface area contributed by atoms with Crippen LogP contribution in [0, 0.1) is 0 Å². The summed E-state index contributed by atoms with van der Waals surface area (Å²) < 4.78 is 7.97. The lowest BCUT2D eigenvalue weighted by Crippen LogP contribution is -2.18. The minimum atomic E-state index is -0.232. The topological polar surface area (TPSA) is 56.2 Å². The first-order valence-electron chi connectivity index (χ1n) is 9.81. The van der Waals surface area contributed by atoms with E-state index in [2.05, 4.69) is 27.0 Å². The van der Waals surface area contributed by atoms with E-state index in [1.54, 1.807) is 0 Å². The molecule has 2 aromatic carbocycles. The predicted octanol–water partition coefficient (Wildman–Crippen LogP) is 6.42. The second-order valence-corrected chi connectivity index (χ2v) is 9.31. The second kappa shape index (κ2) is 10.3. The zero-order valence-corrected chi connectivity index (χ0v) is 19.6. The third-order valence-electron chi connectivity index (χ3n) is 4.90. The van der Waals surface area contributed by atoms with E-state index in [9.17, 15) is 4.79 Å². The maximum Gasteiger partial charge on any atom is 0.234 e. The largest absolute Gasteiger partial charge is 0.376 e. The molecule has 4 rings (SSSR count). The average molecular weight is 497 g/mol. The van der Waals surface area contributed by atoms with Crippen molar-refractivity contribution in [1.82, 2.24) is 9.55 Å². The van der Waals surface area contributed by atoms with Crippen molar-refractivity contribution in [2.45, 2.75) is 30.6 Å². The van der Waals surface area contributed by atoms with Crippen molar-refractivity contribution in [3.8, 4) is 11.3 Å². The molecule has 0 spiro atoms. The highest BCUT2D eigenvalue weighted by molar-refractivity contribution is 7.99. The summed E-state index contributed by atoms with van der Waals surface area (Å²) >= 11 is 19.6. The van der Waals surface area contributed by atoms with Crippen molar-refractivity contribution in [2.75, 3.05) is 17.7 Å². The van der Waals surface area contributed by atoms with E-state index in [-0.39, 0.29) is 17.8 Å². The van der Waals surface area contributed by atoms with E-state index < -0.39 is 0 Å². The number of thioether (sulfide) groups is 1. The molecule has 0 radical (unpaired) electrons. The lowest BCUT2D eigenvalue weighted by molar-refractivity contribution is -0.113. The molecule has 31 heavy (non-hydrogen) atoms. The highest BCUT2D eigenvalue weighted by Gasteiger charge is 2.21. The number of carbonyl (C=O) groups is 1. The van der Waals surface area contributed by atoms with Crippen LogP contribution in [-0.4, -0.2) is 33.9 Å². The first-order valence-corrected chi connectivity index (χ1v) is 11.9. The van der Waals surface area contributed by atoms with Crippen molar-refractivity contribution >= 4 is 58.2 Å². The van der Waals surface area contributed by atoms with Gasteiger partial charge in [-0.05, 0) is 30.5 Å². The molecule has 1 aromatic heterocycles. The molecular formula is C22H20Cl3N3O2S. The van der Waals surface area contributed by atoms with E-state index >= 15 is 0 Å². The fourth-order valence-corrected chi connectivity index (χ4v) is 5.15. The molecule has 0 aliphatic carbocycles. The first kappa shape index (κ1) is 22.5. The van der Waals surface area contributed by atoms with Gasteiger partial charge in [0.2, 0.25) is 5.91 Å². The minimum Gasteiger partial charge on any atom is -0.376 e. The fourth-order valence-electron chi connectivity index (χ4n) is 3.45. The molecule has 0 bridgehead atoms. The Morgan fingerprint density at radius 1 is 1.19 bits per heavy atom. The molecule has 1 fully saturated rings. The Labute approximate surface area is 200 Å². The smallest absolute Gasteiger partial charge is 0.234 e. The predicted molar refractivity (Wildman–Crippen MR) is 127 cm³/mol. The number of aromatic nitrogens is 2. The monoisotopic (exact) mass is 495 g/mol. The number of hydrogen-bond donors (Lipinski definition) is 1. The molecule has 1 atom stereocenters. The number of imidazole rings is 1. The van der Waals surface area contributed by atoms with Crippen molar-refractivity contribution in [3.05, 3.63) is 63.7 Å². The number of carbonyl (C=O) groups excluding carboxylic acids is 1. The van der Waals surface area contributed by atoms with Crippen LogP contribution in [0.15, 0.2) is 53.8 Å². The molecule has 5 nitrogen and oxygen atoms in total. The fraction of sp³-hybridized carbons (Fsp3) is 0.273. The Hall–Kier alpha value is -1.70. The SMILES string of the molecule is O=C(CSc1ncc(-c2ccccc2)n1CC1CCCO1)Nc1c(Cl)cc(Cl)cc1Cl. The van der Waals surface area contributed by atoms with Gasteiger partial charge in [-0.25, -0.2) is 4.98 Å². The number of amides is 1. The van der Waals surface area contributed by atoms with Gasteiger partial charge in [-0.2, -0.15) is 0 Å². The summed E-state index contributed by atoms with van der Waals surface area (Å²) in [6.07, 6.45) is 4.08. The Morgan fingerprint density at radius 2 is 1.94 bits per heavy atom. The van der Waals surface area contributed by atoms with Crippen molar-refractivity contribution in [1.29, 1.82) is 0 Å². The van der Waals surface area contributed by atoms with Gasteiger partial charge in [-0.15, -0.1) is 0 Å². The molecule has 0 saturated carbocycles. The van der Waals surface area contributed by atoms with Crippen LogP contribution < -0.4 is 5.32 Å². The number of rotatable bonds is 7. The standard InChI is InChI=1S/C22H20Cl3N3O2S/c23-15-9-17(24)21(18(25)10-15)27-20(29)13-31-22-26-11-19(14-5-2-1-3-6-14)28(22)12-16-7-4-8-30-16/h1-3,5-6,9-11,16H,4,7-8,12-13H2,(H,27,29). The van der Waals surface area contributed by atoms with Crippen molar-refractivity contribution in [2.24, 2.45) is 0 Å². The molecule has 3 aromatic rings. The Kier molecular flexibility index (Phi) is 7.46. The van der Waals surface area contributed by atoms with Crippen molar-refractivity contribution < 1.29 is 9.53 Å². The molecule has 1 N–H and O–H groups in total. The van der Waals surface area contributed by atoms with E-state index in [1.807, 2.05) is 24.4 Å². The van der Waals surface area contributed by atoms with E-state index in [0.29, 0.717) is 27.3 Å². The molecule has 1 aliphatic heterocycles. The van der Waals surface area contributed by atoms with Gasteiger partial charge in [0, 0.05) is 11.6 Å². The normalized spacial score (nSPS) is 15.9. The average Bonchev–Trinajstić information content (AvgIpc) is 3.40. The highest BCUT2D eigenvalue weighted by atomic mass is 35.5. The van der Waals surface area contributed by atoms with Crippen LogP contribution in [0.5, 0.6) is 0 Å². The summed E-state index contributed by atoms with van der Waals surface area (Å²) in [5.74, 6) is -0.0736. The number of halogens is 3. The van der Waals surface area contributed by atoms with Gasteiger partial charge in [-0.1, -0.05) is 76.9 Å². The summed E-state index contributed by atoms with van der Waals surface area (Å²) in [5, 5.41) is 4.52. The second-order valence-electron chi connectivity index (χ2n) is 7.12. The van der Waals surface area contributed by atoms with Gasteiger partial charge < -0.3 is 14.6 Å². The Balaban J connectivity index is 1.50. The van der Waals surface area contributed by atoms with Crippen LogP contribution in [0.2, 0.25) is 15.1 Å². The van der Waals surface area contributed by atoms with Crippen LogP contribution in [0.25, 0.3) is 11.3 Å². The lowest BCUT2D eigenvalue weighted by Gasteiger charge is -2.16. The van der Waals surface area contributed by atoms with Gasteiger partial charge in [0.25, 0.3) is 0 Å². The molecule has 1 saturated heterocycles. The summed E-state index contributed by atoms with van der Waals surface area (Å²) in [5.41, 5.74) is 2.43. The van der Waals surface area contributed by atoms with E-state index in [1.165, 1.54) is 23.9 Å². The van der Waals surface area contributed by atoms with Gasteiger partial charge >= 0.3 is 0 Å². The molecular weight excluding hydrogens is 477 g/mol. The maximum absolute atomic E-state index is 12.6. The molecule has 2 heterocycles. The van der Waals surface area contributed by atoms with Crippen LogP contribution in [-0.2, 0) is 16.1 Å². The summed E-state index contributed by atoms with van der Waals surface area (Å²) in [7, 11) is 0. The highest BCUT2D eigenvalue weighted by Crippen LogP contribution is 2.34. The van der Waals surface area contributed by atoms with Gasteiger partial charge in [0.1, 0.15) is 0 Å². The Morgan fingerprint density at radius 3 is 2.61 bits per heavy atom. The summed E-state index contributed by atoms with van der Waals surface area (Å²) in [6.45, 7) is 1.48. The van der Waals surface area contributed by atoms with E-state index in [4.69, 9.17) is 39.5 Å². The molecule has 1 amide bonds. The van der Waals surface area contributed by atoms with Crippen molar-refractivity contribution in [3.63, 3.8) is 0 Å². The number of nitrogens with one attached hydrogen (secondary N) is 1. The minimum absolute atomic E-state index is 0.150. The molecule has 9 heteroatoms. The maximum atomic E-state index is 12.6. The first-order chi connectivity index (χ1) is 15.0. The number of benzene rings is 2. The quantitative estimate of drug-likeness (QED) is 0.383. The lowest BCUT2D eigenvalue weighted by atomic mass is 10.1. The zero-order valence-electron chi connectivity index (χ0n) is 16.5. The third kappa shape index (κ3) is 5.57. The molecule has 162 valence electrons. The van der Waals surface area contributed by atoms with Crippen LogP contribution in [0.3, 0.4) is 0 Å². The molecule has 1 aliphatic rings. The van der Waals surface area contributed by atoms with Gasteiger partial charge in [-0.3, -0.25) is 4.79 Å². The van der Waals surface area contributed by atoms with Gasteiger partial charge in [0.15, 0.2) is 5.16 Å². The number of hydrogen-bond acceptors (Lipinski definition) is 4. The zero-order chi connectivity index (χ0) is 21.8. The molecule has 1 unspecified atom stereocenters. The summed E-state index contributed by atoms with van der Waals surface area (Å²) in [6, 6.07) is 13.2. The van der Waals surface area contributed by atoms with E-state index in [0.717, 1.165) is 35.9 Å². The number of nitrogens with zero attached hydrogens (tertiary/aromatic N) is 2. The van der Waals surface area contributed by atoms with Gasteiger partial charge in [0.05, 0.1) is 46.0 Å². The van der Waals surface area contributed by atoms with Crippen LogP contribution >= 0.6 is 46.6 Å². The van der Waals surface area contributed by atoms with Crippen LogP contribution in [0.1, 0.15) is 12.8 Å². The van der Waals surface area contributed by atoms with Crippen LogP contribution in [0.4, 0.5) is 5.69 Å².